The molecule has 1 amide bonds. The third-order valence-electron chi connectivity index (χ3n) is 1.73. The molecule has 0 aliphatic rings. The van der Waals surface area contributed by atoms with Crippen LogP contribution in [0.25, 0.3) is 0 Å². The summed E-state index contributed by atoms with van der Waals surface area (Å²) in [7, 11) is 0. The average molecular weight is 228 g/mol. The van der Waals surface area contributed by atoms with Crippen molar-refractivity contribution in [1.82, 2.24) is 4.98 Å². The minimum absolute atomic E-state index is 0.0175. The van der Waals surface area contributed by atoms with Crippen LogP contribution >= 0.6 is 11.3 Å². The summed E-state index contributed by atoms with van der Waals surface area (Å²) in [6.07, 6.45) is 0.649. The maximum Gasteiger partial charge on any atom is 0.303 e. The van der Waals surface area contributed by atoms with Gasteiger partial charge in [0.05, 0.1) is 12.1 Å². The zero-order chi connectivity index (χ0) is 11.3. The normalized spacial score (nSPS) is 9.93. The topological polar surface area (TPSA) is 79.3 Å². The number of carboxylic acids is 1. The zero-order valence-electron chi connectivity index (χ0n) is 8.32. The molecule has 0 atom stereocenters. The number of aromatic nitrogens is 1. The third kappa shape index (κ3) is 4.07. The van der Waals surface area contributed by atoms with Crippen LogP contribution in [0, 0.1) is 0 Å². The summed E-state index contributed by atoms with van der Waals surface area (Å²) in [5, 5.41) is 13.3. The van der Waals surface area contributed by atoms with Crippen LogP contribution in [-0.2, 0) is 16.0 Å². The van der Waals surface area contributed by atoms with Gasteiger partial charge in [0.15, 0.2) is 5.13 Å². The molecular formula is C9H12N2O3S. The zero-order valence-corrected chi connectivity index (χ0v) is 9.13. The molecule has 82 valence electrons. The number of amides is 1. The number of nitrogens with one attached hydrogen (secondary N) is 1. The van der Waals surface area contributed by atoms with E-state index in [1.807, 2.05) is 12.3 Å². The molecule has 0 aromatic carbocycles. The Morgan fingerprint density at radius 3 is 2.80 bits per heavy atom. The van der Waals surface area contributed by atoms with E-state index in [-0.39, 0.29) is 18.7 Å². The fourth-order valence-corrected chi connectivity index (χ4v) is 1.74. The van der Waals surface area contributed by atoms with Gasteiger partial charge in [-0.25, -0.2) is 4.98 Å². The molecule has 2 N–H and O–H groups in total. The van der Waals surface area contributed by atoms with Gasteiger partial charge in [-0.15, -0.1) is 11.3 Å². The van der Waals surface area contributed by atoms with Crippen molar-refractivity contribution in [3.8, 4) is 0 Å². The lowest BCUT2D eigenvalue weighted by Crippen LogP contribution is -2.12. The van der Waals surface area contributed by atoms with Gasteiger partial charge in [-0.1, -0.05) is 6.92 Å². The van der Waals surface area contributed by atoms with Crippen molar-refractivity contribution < 1.29 is 14.7 Å². The van der Waals surface area contributed by atoms with Gasteiger partial charge in [0, 0.05) is 11.8 Å². The Labute approximate surface area is 91.1 Å². The summed E-state index contributed by atoms with van der Waals surface area (Å²) in [5.74, 6) is -1.28. The number of hydrogen-bond donors (Lipinski definition) is 2. The molecule has 0 aliphatic heterocycles. The predicted octanol–water partition coefficient (Wildman–Crippen LogP) is 1.51. The summed E-state index contributed by atoms with van der Waals surface area (Å²) < 4.78 is 0. The Hall–Kier alpha value is -1.43. The van der Waals surface area contributed by atoms with E-state index in [1.54, 1.807) is 0 Å². The van der Waals surface area contributed by atoms with Gasteiger partial charge in [-0.3, -0.25) is 9.59 Å². The standard InChI is InChI=1S/C9H12N2O3S/c1-2-6-5-15-9(10-6)11-7(12)3-4-8(13)14/h5H,2-4H2,1H3,(H,13,14)(H,10,11,12). The Bertz CT molecular complexity index is 362. The van der Waals surface area contributed by atoms with Gasteiger partial charge in [-0.2, -0.15) is 0 Å². The number of carbonyl (C=O) groups is 2. The molecule has 5 nitrogen and oxygen atoms in total. The number of rotatable bonds is 5. The van der Waals surface area contributed by atoms with Crippen molar-refractivity contribution in [3.05, 3.63) is 11.1 Å². The van der Waals surface area contributed by atoms with Crippen LogP contribution in [0.5, 0.6) is 0 Å². The van der Waals surface area contributed by atoms with Crippen molar-refractivity contribution in [2.75, 3.05) is 5.32 Å². The van der Waals surface area contributed by atoms with Crippen LogP contribution in [0.2, 0.25) is 0 Å². The molecule has 0 saturated heterocycles. The Balaban J connectivity index is 2.40. The number of carboxylic acid groups (broad SMARTS) is 1. The first kappa shape index (κ1) is 11.6. The maximum absolute atomic E-state index is 11.2. The molecule has 1 heterocycles. The number of hydrogen-bond acceptors (Lipinski definition) is 4. The minimum Gasteiger partial charge on any atom is -0.481 e. The molecular weight excluding hydrogens is 216 g/mol. The van der Waals surface area contributed by atoms with Crippen LogP contribution in [0.3, 0.4) is 0 Å². The minimum atomic E-state index is -0.974. The first-order valence-electron chi connectivity index (χ1n) is 4.58. The molecule has 6 heteroatoms. The van der Waals surface area contributed by atoms with E-state index in [4.69, 9.17) is 5.11 Å². The van der Waals surface area contributed by atoms with Gasteiger partial charge in [0.25, 0.3) is 0 Å². The number of aliphatic carboxylic acids is 1. The van der Waals surface area contributed by atoms with Gasteiger partial charge in [0.1, 0.15) is 0 Å². The maximum atomic E-state index is 11.2. The van der Waals surface area contributed by atoms with Gasteiger partial charge in [-0.05, 0) is 6.42 Å². The van der Waals surface area contributed by atoms with Crippen molar-refractivity contribution in [2.24, 2.45) is 0 Å². The Kier molecular flexibility index (Phi) is 4.23. The number of anilines is 1. The van der Waals surface area contributed by atoms with Gasteiger partial charge in [0.2, 0.25) is 5.91 Å². The monoisotopic (exact) mass is 228 g/mol. The van der Waals surface area contributed by atoms with Crippen molar-refractivity contribution in [1.29, 1.82) is 0 Å². The van der Waals surface area contributed by atoms with E-state index in [9.17, 15) is 9.59 Å². The predicted molar refractivity (Wildman–Crippen MR) is 57.0 cm³/mol. The molecule has 1 aromatic heterocycles. The number of aryl methyl sites for hydroxylation is 1. The summed E-state index contributed by atoms with van der Waals surface area (Å²) in [6, 6.07) is 0. The highest BCUT2D eigenvalue weighted by Gasteiger charge is 2.07. The van der Waals surface area contributed by atoms with E-state index in [2.05, 4.69) is 10.3 Å². The van der Waals surface area contributed by atoms with E-state index in [0.717, 1.165) is 12.1 Å². The average Bonchev–Trinajstić information content (AvgIpc) is 2.62. The first-order valence-corrected chi connectivity index (χ1v) is 5.45. The van der Waals surface area contributed by atoms with Crippen molar-refractivity contribution in [3.63, 3.8) is 0 Å². The lowest BCUT2D eigenvalue weighted by molar-refractivity contribution is -0.138. The van der Waals surface area contributed by atoms with Crippen LogP contribution in [0.1, 0.15) is 25.5 Å². The largest absolute Gasteiger partial charge is 0.481 e. The van der Waals surface area contributed by atoms with E-state index in [1.165, 1.54) is 11.3 Å². The molecule has 0 saturated carbocycles. The molecule has 0 unspecified atom stereocenters. The number of carbonyl (C=O) groups excluding carboxylic acids is 1. The second-order valence-electron chi connectivity index (χ2n) is 2.94. The Morgan fingerprint density at radius 2 is 2.27 bits per heavy atom. The molecule has 0 aliphatic carbocycles. The summed E-state index contributed by atoms with van der Waals surface area (Å²) >= 11 is 1.35. The Morgan fingerprint density at radius 1 is 1.53 bits per heavy atom. The summed E-state index contributed by atoms with van der Waals surface area (Å²) in [5.41, 5.74) is 0.925. The number of thiazole rings is 1. The lowest BCUT2D eigenvalue weighted by atomic mass is 10.3. The second-order valence-corrected chi connectivity index (χ2v) is 3.80. The SMILES string of the molecule is CCc1csc(NC(=O)CCC(=O)O)n1. The highest BCUT2D eigenvalue weighted by Crippen LogP contribution is 2.15. The molecule has 0 fully saturated rings. The van der Waals surface area contributed by atoms with Crippen LogP contribution in [0.4, 0.5) is 5.13 Å². The summed E-state index contributed by atoms with van der Waals surface area (Å²) in [6.45, 7) is 1.98. The van der Waals surface area contributed by atoms with Crippen molar-refractivity contribution in [2.45, 2.75) is 26.2 Å². The van der Waals surface area contributed by atoms with E-state index >= 15 is 0 Å². The summed E-state index contributed by atoms with van der Waals surface area (Å²) in [4.78, 5) is 25.6. The quantitative estimate of drug-likeness (QED) is 0.800. The van der Waals surface area contributed by atoms with Crippen LogP contribution in [-0.4, -0.2) is 22.0 Å². The number of nitrogens with zero attached hydrogens (tertiary/aromatic N) is 1. The first-order chi connectivity index (χ1) is 7.11. The molecule has 0 radical (unpaired) electrons. The van der Waals surface area contributed by atoms with Crippen LogP contribution in [0.15, 0.2) is 5.38 Å². The molecule has 15 heavy (non-hydrogen) atoms. The molecule has 1 rings (SSSR count). The van der Waals surface area contributed by atoms with Crippen molar-refractivity contribution >= 4 is 28.3 Å². The van der Waals surface area contributed by atoms with E-state index in [0.29, 0.717) is 5.13 Å². The fraction of sp³-hybridized carbons (Fsp3) is 0.444. The molecule has 0 spiro atoms. The van der Waals surface area contributed by atoms with Gasteiger partial charge < -0.3 is 10.4 Å². The highest BCUT2D eigenvalue weighted by molar-refractivity contribution is 7.13. The van der Waals surface area contributed by atoms with Crippen LogP contribution < -0.4 is 5.32 Å². The third-order valence-corrected chi connectivity index (χ3v) is 2.53. The van der Waals surface area contributed by atoms with Gasteiger partial charge >= 0.3 is 5.97 Å². The highest BCUT2D eigenvalue weighted by atomic mass is 32.1. The smallest absolute Gasteiger partial charge is 0.303 e. The fourth-order valence-electron chi connectivity index (χ4n) is 0.929. The lowest BCUT2D eigenvalue weighted by Gasteiger charge is -1.98. The van der Waals surface area contributed by atoms with E-state index < -0.39 is 5.97 Å². The second kappa shape index (κ2) is 5.45. The molecule has 0 bridgehead atoms. The molecule has 1 aromatic rings.